The van der Waals surface area contributed by atoms with Crippen molar-refractivity contribution in [3.05, 3.63) is 27.7 Å². The number of nitrogens with two attached hydrogens (primary N) is 1. The van der Waals surface area contributed by atoms with Crippen LogP contribution in [-0.2, 0) is 4.79 Å². The molecule has 0 saturated carbocycles. The molecule has 0 heterocycles. The summed E-state index contributed by atoms with van der Waals surface area (Å²) in [5.74, 6) is -2.07. The number of aromatic carboxylic acids is 1. The Morgan fingerprint density at radius 2 is 1.81 bits per heavy atom. The summed E-state index contributed by atoms with van der Waals surface area (Å²) in [4.78, 5) is 34.1. The SMILES string of the molecule is CC(C)(NC(=O)Nc1c(Cl)cc(Cl)cc1C(=O)O)C(N)=O. The monoisotopic (exact) mass is 333 g/mol. The molecule has 1 rings (SSSR count). The van der Waals surface area contributed by atoms with Gasteiger partial charge in [0.05, 0.1) is 16.3 Å². The number of rotatable bonds is 4. The van der Waals surface area contributed by atoms with Gasteiger partial charge in [0.2, 0.25) is 5.91 Å². The fourth-order valence-corrected chi connectivity index (χ4v) is 1.90. The summed E-state index contributed by atoms with van der Waals surface area (Å²) in [6.07, 6.45) is 0. The molecule has 3 amide bonds. The van der Waals surface area contributed by atoms with Crippen molar-refractivity contribution >= 4 is 46.8 Å². The Morgan fingerprint density at radius 3 is 2.29 bits per heavy atom. The summed E-state index contributed by atoms with van der Waals surface area (Å²) in [6.45, 7) is 2.80. The Morgan fingerprint density at radius 1 is 1.24 bits per heavy atom. The van der Waals surface area contributed by atoms with Crippen LogP contribution in [0, 0.1) is 0 Å². The third-order valence-corrected chi connectivity index (χ3v) is 3.08. The molecule has 5 N–H and O–H groups in total. The topological polar surface area (TPSA) is 122 Å². The molecule has 1 aromatic rings. The molecule has 0 aliphatic carbocycles. The molecule has 0 aliphatic heterocycles. The van der Waals surface area contributed by atoms with Gasteiger partial charge in [0.25, 0.3) is 0 Å². The van der Waals surface area contributed by atoms with E-state index in [0.29, 0.717) is 0 Å². The number of primary amides is 1. The van der Waals surface area contributed by atoms with Gasteiger partial charge in [-0.25, -0.2) is 9.59 Å². The van der Waals surface area contributed by atoms with E-state index in [1.54, 1.807) is 0 Å². The van der Waals surface area contributed by atoms with Gasteiger partial charge in [0, 0.05) is 5.02 Å². The maximum absolute atomic E-state index is 11.8. The second-order valence-electron chi connectivity index (χ2n) is 4.68. The normalized spacial score (nSPS) is 10.9. The highest BCUT2D eigenvalue weighted by Crippen LogP contribution is 2.30. The number of nitrogens with one attached hydrogen (secondary N) is 2. The number of benzene rings is 1. The van der Waals surface area contributed by atoms with E-state index in [4.69, 9.17) is 34.0 Å². The minimum absolute atomic E-state index is 0.0491. The number of halogens is 2. The Kier molecular flexibility index (Phi) is 5.03. The minimum Gasteiger partial charge on any atom is -0.478 e. The zero-order valence-corrected chi connectivity index (χ0v) is 12.7. The molecule has 0 fully saturated rings. The van der Waals surface area contributed by atoms with Gasteiger partial charge in [-0.2, -0.15) is 0 Å². The number of carbonyl (C=O) groups is 3. The summed E-state index contributed by atoms with van der Waals surface area (Å²) >= 11 is 11.6. The number of hydrogen-bond donors (Lipinski definition) is 4. The van der Waals surface area contributed by atoms with Gasteiger partial charge < -0.3 is 21.5 Å². The van der Waals surface area contributed by atoms with Crippen molar-refractivity contribution in [2.75, 3.05) is 5.32 Å². The van der Waals surface area contributed by atoms with Crippen molar-refractivity contribution in [3.8, 4) is 0 Å². The number of anilines is 1. The zero-order chi connectivity index (χ0) is 16.4. The largest absolute Gasteiger partial charge is 0.478 e. The number of carboxylic acid groups (broad SMARTS) is 1. The number of hydrogen-bond acceptors (Lipinski definition) is 3. The third-order valence-electron chi connectivity index (χ3n) is 2.57. The van der Waals surface area contributed by atoms with Crippen LogP contribution in [0.1, 0.15) is 24.2 Å². The lowest BCUT2D eigenvalue weighted by Crippen LogP contribution is -2.54. The maximum Gasteiger partial charge on any atom is 0.337 e. The standard InChI is InChI=1S/C12H13Cl2N3O4/c1-12(2,10(15)20)17-11(21)16-8-6(9(18)19)3-5(13)4-7(8)14/h3-4H,1-2H3,(H2,15,20)(H,18,19)(H2,16,17,21). The summed E-state index contributed by atoms with van der Waals surface area (Å²) < 4.78 is 0. The van der Waals surface area contributed by atoms with Crippen LogP contribution in [0.3, 0.4) is 0 Å². The molecule has 21 heavy (non-hydrogen) atoms. The van der Waals surface area contributed by atoms with E-state index in [1.165, 1.54) is 19.9 Å². The van der Waals surface area contributed by atoms with Crippen molar-refractivity contribution in [1.29, 1.82) is 0 Å². The van der Waals surface area contributed by atoms with Gasteiger partial charge in [-0.15, -0.1) is 0 Å². The lowest BCUT2D eigenvalue weighted by atomic mass is 10.1. The van der Waals surface area contributed by atoms with E-state index in [2.05, 4.69) is 10.6 Å². The van der Waals surface area contributed by atoms with E-state index in [0.717, 1.165) is 6.07 Å². The van der Waals surface area contributed by atoms with Gasteiger partial charge in [-0.3, -0.25) is 4.79 Å². The summed E-state index contributed by atoms with van der Waals surface area (Å²) in [5, 5.41) is 13.7. The van der Waals surface area contributed by atoms with Gasteiger partial charge in [0.1, 0.15) is 5.54 Å². The van der Waals surface area contributed by atoms with Gasteiger partial charge in [-0.05, 0) is 26.0 Å². The Bertz CT molecular complexity index is 617. The summed E-state index contributed by atoms with van der Waals surface area (Å²) in [7, 11) is 0. The van der Waals surface area contributed by atoms with Crippen LogP contribution in [0.5, 0.6) is 0 Å². The van der Waals surface area contributed by atoms with E-state index in [1.807, 2.05) is 0 Å². The quantitative estimate of drug-likeness (QED) is 0.673. The number of carboxylic acids is 1. The van der Waals surface area contributed by atoms with Crippen LogP contribution >= 0.6 is 23.2 Å². The van der Waals surface area contributed by atoms with E-state index >= 15 is 0 Å². The first-order valence-corrected chi connectivity index (χ1v) is 6.41. The lowest BCUT2D eigenvalue weighted by Gasteiger charge is -2.23. The molecule has 1 aromatic carbocycles. The minimum atomic E-state index is -1.32. The summed E-state index contributed by atoms with van der Waals surface area (Å²) in [6, 6.07) is 1.60. The highest BCUT2D eigenvalue weighted by atomic mass is 35.5. The molecule has 7 nitrogen and oxygen atoms in total. The number of urea groups is 1. The van der Waals surface area contributed by atoms with Crippen LogP contribution in [0.25, 0.3) is 0 Å². The first kappa shape index (κ1) is 17.1. The maximum atomic E-state index is 11.8. The second kappa shape index (κ2) is 6.19. The third kappa shape index (κ3) is 4.24. The Balaban J connectivity index is 3.06. The molecule has 0 bridgehead atoms. The van der Waals surface area contributed by atoms with Crippen molar-refractivity contribution in [2.45, 2.75) is 19.4 Å². The first-order valence-electron chi connectivity index (χ1n) is 5.66. The highest BCUT2D eigenvalue weighted by molar-refractivity contribution is 6.37. The molecule has 0 aliphatic rings. The summed E-state index contributed by atoms with van der Waals surface area (Å²) in [5.41, 5.74) is 3.40. The van der Waals surface area contributed by atoms with Crippen molar-refractivity contribution in [1.82, 2.24) is 5.32 Å². The lowest BCUT2D eigenvalue weighted by molar-refractivity contribution is -0.122. The predicted molar refractivity (Wildman–Crippen MR) is 78.8 cm³/mol. The fraction of sp³-hybridized carbons (Fsp3) is 0.250. The van der Waals surface area contributed by atoms with Crippen LogP contribution in [0.15, 0.2) is 12.1 Å². The predicted octanol–water partition coefficient (Wildman–Crippen LogP) is 2.08. The molecule has 0 atom stereocenters. The van der Waals surface area contributed by atoms with Gasteiger partial charge in [0.15, 0.2) is 0 Å². The van der Waals surface area contributed by atoms with E-state index < -0.39 is 23.4 Å². The molecule has 0 saturated heterocycles. The molecular formula is C12H13Cl2N3O4. The van der Waals surface area contributed by atoms with Crippen molar-refractivity contribution in [3.63, 3.8) is 0 Å². The molecule has 114 valence electrons. The highest BCUT2D eigenvalue weighted by Gasteiger charge is 2.27. The Hall–Kier alpha value is -1.99. The first-order chi connectivity index (χ1) is 9.54. The smallest absolute Gasteiger partial charge is 0.337 e. The van der Waals surface area contributed by atoms with Gasteiger partial charge in [-0.1, -0.05) is 23.2 Å². The fourth-order valence-electron chi connectivity index (χ4n) is 1.36. The molecule has 0 radical (unpaired) electrons. The van der Waals surface area contributed by atoms with Crippen LogP contribution < -0.4 is 16.4 Å². The van der Waals surface area contributed by atoms with E-state index in [9.17, 15) is 14.4 Å². The van der Waals surface area contributed by atoms with Crippen molar-refractivity contribution in [2.24, 2.45) is 5.73 Å². The molecule has 0 aromatic heterocycles. The zero-order valence-electron chi connectivity index (χ0n) is 11.2. The molecular weight excluding hydrogens is 321 g/mol. The van der Waals surface area contributed by atoms with Crippen molar-refractivity contribution < 1.29 is 19.5 Å². The van der Waals surface area contributed by atoms with Crippen LogP contribution in [-0.4, -0.2) is 28.6 Å². The van der Waals surface area contributed by atoms with Crippen LogP contribution in [0.2, 0.25) is 10.0 Å². The average Bonchev–Trinajstić information content (AvgIpc) is 2.31. The van der Waals surface area contributed by atoms with Crippen LogP contribution in [0.4, 0.5) is 10.5 Å². The molecule has 0 unspecified atom stereocenters. The second-order valence-corrected chi connectivity index (χ2v) is 5.53. The number of carbonyl (C=O) groups excluding carboxylic acids is 2. The van der Waals surface area contributed by atoms with Gasteiger partial charge >= 0.3 is 12.0 Å². The number of amides is 3. The average molecular weight is 334 g/mol. The Labute approximate surface area is 130 Å². The molecule has 0 spiro atoms. The van der Waals surface area contributed by atoms with E-state index in [-0.39, 0.29) is 21.3 Å². The molecule has 9 heteroatoms.